The Balaban J connectivity index is 1.73. The van der Waals surface area contributed by atoms with Crippen molar-refractivity contribution in [1.29, 1.82) is 0 Å². The predicted octanol–water partition coefficient (Wildman–Crippen LogP) is 1.48. The van der Waals surface area contributed by atoms with Crippen LogP contribution in [0.15, 0.2) is 29.2 Å². The van der Waals surface area contributed by atoms with Gasteiger partial charge < -0.3 is 4.90 Å². The Hall–Kier alpha value is -2.19. The first-order chi connectivity index (χ1) is 11.8. The van der Waals surface area contributed by atoms with E-state index in [1.807, 2.05) is 25.1 Å². The lowest BCUT2D eigenvalue weighted by molar-refractivity contribution is 0.0697. The molecule has 1 aliphatic heterocycles. The van der Waals surface area contributed by atoms with E-state index in [0.717, 1.165) is 5.56 Å². The highest BCUT2D eigenvalue weighted by Crippen LogP contribution is 2.23. The largest absolute Gasteiger partial charge is 0.336 e. The van der Waals surface area contributed by atoms with Crippen LogP contribution in [-0.4, -0.2) is 59.9 Å². The van der Waals surface area contributed by atoms with Gasteiger partial charge in [0.05, 0.1) is 11.4 Å². The van der Waals surface area contributed by atoms with Crippen LogP contribution < -0.4 is 0 Å². The van der Waals surface area contributed by atoms with Gasteiger partial charge in [0.25, 0.3) is 5.91 Å². The van der Waals surface area contributed by atoms with E-state index in [4.69, 9.17) is 0 Å². The molecule has 25 heavy (non-hydrogen) atoms. The number of nitrogens with zero attached hydrogens (tertiary/aromatic N) is 3. The first-order valence-electron chi connectivity index (χ1n) is 8.18. The van der Waals surface area contributed by atoms with Crippen LogP contribution >= 0.6 is 0 Å². The Kier molecular flexibility index (Phi) is 4.66. The van der Waals surface area contributed by atoms with Crippen LogP contribution in [0.25, 0.3) is 0 Å². The van der Waals surface area contributed by atoms with Crippen LogP contribution in [0.5, 0.6) is 0 Å². The minimum absolute atomic E-state index is 0.0589. The summed E-state index contributed by atoms with van der Waals surface area (Å²) in [4.78, 5) is 14.5. The maximum atomic E-state index is 12.8. The lowest BCUT2D eigenvalue weighted by atomic mass is 10.1. The van der Waals surface area contributed by atoms with Crippen LogP contribution in [0.1, 0.15) is 27.3 Å². The zero-order valence-electron chi connectivity index (χ0n) is 14.6. The summed E-state index contributed by atoms with van der Waals surface area (Å²) in [6.07, 6.45) is 0. The number of aryl methyl sites for hydroxylation is 3. The number of amides is 1. The van der Waals surface area contributed by atoms with Crippen molar-refractivity contribution in [2.45, 2.75) is 25.7 Å². The van der Waals surface area contributed by atoms with Crippen molar-refractivity contribution in [2.75, 3.05) is 26.2 Å². The first kappa shape index (κ1) is 17.6. The molecule has 0 aliphatic carbocycles. The maximum Gasteiger partial charge on any atom is 0.253 e. The average Bonchev–Trinajstić information content (AvgIpc) is 2.93. The van der Waals surface area contributed by atoms with E-state index in [-0.39, 0.29) is 23.9 Å². The maximum absolute atomic E-state index is 12.8. The molecule has 1 aromatic carbocycles. The number of carbonyl (C=O) groups excluding carboxylic acids is 1. The molecule has 0 bridgehead atoms. The monoisotopic (exact) mass is 362 g/mol. The highest BCUT2D eigenvalue weighted by molar-refractivity contribution is 7.89. The number of benzene rings is 1. The molecule has 8 heteroatoms. The van der Waals surface area contributed by atoms with Gasteiger partial charge in [0.2, 0.25) is 10.0 Å². The molecule has 1 N–H and O–H groups in total. The van der Waals surface area contributed by atoms with Gasteiger partial charge in [-0.25, -0.2) is 8.42 Å². The van der Waals surface area contributed by atoms with Gasteiger partial charge in [0.1, 0.15) is 4.90 Å². The molecule has 134 valence electrons. The zero-order chi connectivity index (χ0) is 18.2. The van der Waals surface area contributed by atoms with Gasteiger partial charge in [-0.15, -0.1) is 0 Å². The summed E-state index contributed by atoms with van der Waals surface area (Å²) in [5.41, 5.74) is 2.67. The molecule has 3 rings (SSSR count). The molecular formula is C17H22N4O3S. The minimum atomic E-state index is -3.60. The fourth-order valence-corrected chi connectivity index (χ4v) is 4.90. The lowest BCUT2D eigenvalue weighted by Crippen LogP contribution is -2.50. The number of H-pyrrole nitrogens is 1. The molecule has 7 nitrogen and oxygen atoms in total. The van der Waals surface area contributed by atoms with Gasteiger partial charge in [-0.1, -0.05) is 17.7 Å². The number of sulfonamides is 1. The van der Waals surface area contributed by atoms with Crippen molar-refractivity contribution in [3.8, 4) is 0 Å². The lowest BCUT2D eigenvalue weighted by Gasteiger charge is -2.34. The van der Waals surface area contributed by atoms with E-state index in [1.54, 1.807) is 24.8 Å². The molecular weight excluding hydrogens is 340 g/mol. The third-order valence-electron chi connectivity index (χ3n) is 4.45. The van der Waals surface area contributed by atoms with Gasteiger partial charge >= 0.3 is 0 Å². The van der Waals surface area contributed by atoms with Gasteiger partial charge in [-0.3, -0.25) is 9.89 Å². The molecule has 0 saturated carbocycles. The summed E-state index contributed by atoms with van der Waals surface area (Å²) in [6.45, 7) is 6.63. The van der Waals surface area contributed by atoms with E-state index >= 15 is 0 Å². The molecule has 2 aromatic rings. The minimum Gasteiger partial charge on any atom is -0.336 e. The Morgan fingerprint density at radius 1 is 1.12 bits per heavy atom. The number of piperazine rings is 1. The molecule has 1 saturated heterocycles. The van der Waals surface area contributed by atoms with Crippen LogP contribution in [0, 0.1) is 20.8 Å². The quantitative estimate of drug-likeness (QED) is 0.896. The number of nitrogens with one attached hydrogen (secondary N) is 1. The Morgan fingerprint density at radius 2 is 1.80 bits per heavy atom. The predicted molar refractivity (Wildman–Crippen MR) is 93.9 cm³/mol. The van der Waals surface area contributed by atoms with Crippen LogP contribution in [0.4, 0.5) is 0 Å². The zero-order valence-corrected chi connectivity index (χ0v) is 15.4. The number of rotatable bonds is 3. The van der Waals surface area contributed by atoms with E-state index in [9.17, 15) is 13.2 Å². The fourth-order valence-electron chi connectivity index (χ4n) is 3.14. The average molecular weight is 362 g/mol. The third-order valence-corrected chi connectivity index (χ3v) is 6.61. The standard InChI is InChI=1S/C17H22N4O3S/c1-12-5-4-6-15(11-12)17(22)20-7-9-21(10-8-20)25(23,24)16-13(2)18-19-14(16)3/h4-6,11H,7-10H2,1-3H3,(H,18,19). The van der Waals surface area contributed by atoms with E-state index in [2.05, 4.69) is 10.2 Å². The van der Waals surface area contributed by atoms with Gasteiger partial charge in [-0.2, -0.15) is 9.40 Å². The summed E-state index contributed by atoms with van der Waals surface area (Å²) in [7, 11) is -3.60. The highest BCUT2D eigenvalue weighted by atomic mass is 32.2. The van der Waals surface area contributed by atoms with Gasteiger partial charge in [0.15, 0.2) is 0 Å². The molecule has 0 radical (unpaired) electrons. The highest BCUT2D eigenvalue weighted by Gasteiger charge is 2.33. The van der Waals surface area contributed by atoms with Gasteiger partial charge in [-0.05, 0) is 32.9 Å². The number of hydrogen-bond donors (Lipinski definition) is 1. The fraction of sp³-hybridized carbons (Fsp3) is 0.412. The van der Waals surface area contributed by atoms with E-state index < -0.39 is 10.0 Å². The normalized spacial score (nSPS) is 16.2. The van der Waals surface area contributed by atoms with Gasteiger partial charge in [0, 0.05) is 31.7 Å². The van der Waals surface area contributed by atoms with E-state index in [0.29, 0.717) is 30.0 Å². The second-order valence-corrected chi connectivity index (χ2v) is 8.20. The molecule has 0 atom stereocenters. The SMILES string of the molecule is Cc1cccc(C(=O)N2CCN(S(=O)(=O)c3c(C)n[nH]c3C)CC2)c1. The number of aromatic nitrogens is 2. The smallest absolute Gasteiger partial charge is 0.253 e. The molecule has 0 spiro atoms. The third kappa shape index (κ3) is 3.32. The molecule has 1 amide bonds. The topological polar surface area (TPSA) is 86.4 Å². The summed E-state index contributed by atoms with van der Waals surface area (Å²) in [5, 5.41) is 6.69. The van der Waals surface area contributed by atoms with Crippen molar-refractivity contribution in [3.63, 3.8) is 0 Å². The van der Waals surface area contributed by atoms with Crippen molar-refractivity contribution >= 4 is 15.9 Å². The summed E-state index contributed by atoms with van der Waals surface area (Å²) >= 11 is 0. The Morgan fingerprint density at radius 3 is 2.36 bits per heavy atom. The van der Waals surface area contributed by atoms with Crippen LogP contribution in [0.3, 0.4) is 0 Å². The Bertz CT molecular complexity index is 877. The number of aromatic amines is 1. The molecule has 2 heterocycles. The number of carbonyl (C=O) groups is 1. The number of hydrogen-bond acceptors (Lipinski definition) is 4. The van der Waals surface area contributed by atoms with Crippen molar-refractivity contribution in [1.82, 2.24) is 19.4 Å². The molecule has 1 fully saturated rings. The summed E-state index contributed by atoms with van der Waals surface area (Å²) < 4.78 is 27.1. The second kappa shape index (κ2) is 6.61. The van der Waals surface area contributed by atoms with E-state index in [1.165, 1.54) is 4.31 Å². The van der Waals surface area contributed by atoms with Crippen LogP contribution in [0.2, 0.25) is 0 Å². The second-order valence-electron chi connectivity index (χ2n) is 6.33. The Labute approximate surface area is 147 Å². The van der Waals surface area contributed by atoms with Crippen molar-refractivity contribution in [3.05, 3.63) is 46.8 Å². The molecule has 1 aromatic heterocycles. The van der Waals surface area contributed by atoms with Crippen molar-refractivity contribution in [2.24, 2.45) is 0 Å². The first-order valence-corrected chi connectivity index (χ1v) is 9.62. The summed E-state index contributed by atoms with van der Waals surface area (Å²) in [6, 6.07) is 7.44. The van der Waals surface area contributed by atoms with Crippen molar-refractivity contribution < 1.29 is 13.2 Å². The molecule has 0 unspecified atom stereocenters. The molecule has 1 aliphatic rings. The van der Waals surface area contributed by atoms with Crippen LogP contribution in [-0.2, 0) is 10.0 Å². The summed E-state index contributed by atoms with van der Waals surface area (Å²) in [5.74, 6) is -0.0589.